The standard InChI is InChI=1S/C33H34N4O3/c1-21(23-9-5-3-6-10-23)34-32(39)26-13-14-29-27(19-26)30(33(40)37(29)22(2)38)31(25-11-7-4-8-12-25)35-28-20-36-17-15-24(28)16-18-36/h3-14,19,21,24,28,40H,15-18,20H2,1-2H3,(H,34,39)/t21-,28?/m1/s1. The fourth-order valence-electron chi connectivity index (χ4n) is 6.20. The summed E-state index contributed by atoms with van der Waals surface area (Å²) in [7, 11) is 0. The zero-order valence-electron chi connectivity index (χ0n) is 22.9. The molecule has 3 saturated heterocycles. The number of piperidine rings is 3. The van der Waals surface area contributed by atoms with Crippen molar-refractivity contribution in [2.45, 2.75) is 38.8 Å². The van der Waals surface area contributed by atoms with Crippen LogP contribution >= 0.6 is 0 Å². The van der Waals surface area contributed by atoms with Gasteiger partial charge in [-0.05, 0) is 62.5 Å². The van der Waals surface area contributed by atoms with Gasteiger partial charge in [0.1, 0.15) is 0 Å². The summed E-state index contributed by atoms with van der Waals surface area (Å²) in [6.45, 7) is 6.47. The highest BCUT2D eigenvalue weighted by Gasteiger charge is 2.35. The highest BCUT2D eigenvalue weighted by atomic mass is 16.3. The van der Waals surface area contributed by atoms with E-state index in [0.29, 0.717) is 33.7 Å². The molecule has 1 amide bonds. The molecule has 3 fully saturated rings. The Morgan fingerprint density at radius 1 is 0.950 bits per heavy atom. The van der Waals surface area contributed by atoms with Gasteiger partial charge in [0, 0.05) is 30.0 Å². The van der Waals surface area contributed by atoms with Crippen LogP contribution < -0.4 is 5.32 Å². The van der Waals surface area contributed by atoms with Gasteiger partial charge in [0.15, 0.2) is 0 Å². The maximum absolute atomic E-state index is 13.4. The number of carbonyl (C=O) groups excluding carboxylic acids is 2. The number of aromatic hydroxyl groups is 1. The molecule has 0 spiro atoms. The molecule has 2 N–H and O–H groups in total. The van der Waals surface area contributed by atoms with Gasteiger partial charge in [-0.1, -0.05) is 60.7 Å². The molecule has 4 aromatic rings. The molecule has 3 aliphatic heterocycles. The second kappa shape index (κ2) is 10.7. The van der Waals surface area contributed by atoms with E-state index >= 15 is 0 Å². The van der Waals surface area contributed by atoms with Crippen LogP contribution in [0.25, 0.3) is 10.9 Å². The predicted molar refractivity (Wildman–Crippen MR) is 157 cm³/mol. The minimum Gasteiger partial charge on any atom is -0.494 e. The van der Waals surface area contributed by atoms with Crippen LogP contribution in [0.5, 0.6) is 5.88 Å². The van der Waals surface area contributed by atoms with Gasteiger partial charge in [-0.15, -0.1) is 0 Å². The Morgan fingerprint density at radius 3 is 2.25 bits per heavy atom. The first kappa shape index (κ1) is 26.0. The van der Waals surface area contributed by atoms with Crippen LogP contribution in [0.4, 0.5) is 0 Å². The van der Waals surface area contributed by atoms with Gasteiger partial charge in [0.2, 0.25) is 11.8 Å². The van der Waals surface area contributed by atoms with Crippen LogP contribution in [0.3, 0.4) is 0 Å². The zero-order valence-corrected chi connectivity index (χ0v) is 22.9. The molecule has 204 valence electrons. The SMILES string of the molecule is CC(=O)n1c(O)c(C(=NC2CN3CCC2CC3)c2ccccc2)c2cc(C(=O)N[C@H](C)c3ccccc3)ccc21. The van der Waals surface area contributed by atoms with E-state index in [1.807, 2.05) is 67.6 Å². The van der Waals surface area contributed by atoms with E-state index in [0.717, 1.165) is 43.6 Å². The lowest BCUT2D eigenvalue weighted by Crippen LogP contribution is -2.49. The number of carbonyl (C=O) groups is 2. The monoisotopic (exact) mass is 534 g/mol. The molecular formula is C33H34N4O3. The third-order valence-electron chi connectivity index (χ3n) is 8.37. The highest BCUT2D eigenvalue weighted by Crippen LogP contribution is 2.36. The van der Waals surface area contributed by atoms with Crippen LogP contribution in [-0.4, -0.2) is 57.8 Å². The molecule has 0 radical (unpaired) electrons. The second-order valence-corrected chi connectivity index (χ2v) is 10.9. The topological polar surface area (TPSA) is 86.9 Å². The summed E-state index contributed by atoms with van der Waals surface area (Å²) in [4.78, 5) is 33.9. The summed E-state index contributed by atoms with van der Waals surface area (Å²) < 4.78 is 1.31. The molecule has 0 saturated carbocycles. The van der Waals surface area contributed by atoms with Gasteiger partial charge in [0.05, 0.1) is 28.9 Å². The number of hydrogen-bond donors (Lipinski definition) is 2. The number of aromatic nitrogens is 1. The lowest BCUT2D eigenvalue weighted by atomic mass is 9.84. The number of fused-ring (bicyclic) bond motifs is 4. The van der Waals surface area contributed by atoms with E-state index < -0.39 is 0 Å². The van der Waals surface area contributed by atoms with Crippen molar-refractivity contribution in [1.82, 2.24) is 14.8 Å². The Bertz CT molecular complexity index is 1580. The summed E-state index contributed by atoms with van der Waals surface area (Å²) in [6, 6.07) is 24.7. The number of rotatable bonds is 6. The van der Waals surface area contributed by atoms with Gasteiger partial charge < -0.3 is 15.3 Å². The molecule has 3 aromatic carbocycles. The van der Waals surface area contributed by atoms with E-state index in [-0.39, 0.29) is 29.8 Å². The van der Waals surface area contributed by atoms with Crippen molar-refractivity contribution in [3.05, 3.63) is 101 Å². The number of aliphatic imine (C=N–C) groups is 1. The fraction of sp³-hybridized carbons (Fsp3) is 0.303. The molecule has 7 nitrogen and oxygen atoms in total. The summed E-state index contributed by atoms with van der Waals surface area (Å²) in [6.07, 6.45) is 2.22. The van der Waals surface area contributed by atoms with Crippen LogP contribution in [0.1, 0.15) is 64.6 Å². The Morgan fingerprint density at radius 2 is 1.62 bits per heavy atom. The minimum atomic E-state index is -0.307. The summed E-state index contributed by atoms with van der Waals surface area (Å²) in [5.74, 6) is -0.192. The molecule has 2 atom stereocenters. The van der Waals surface area contributed by atoms with Crippen LogP contribution in [0, 0.1) is 5.92 Å². The summed E-state index contributed by atoms with van der Waals surface area (Å²) >= 11 is 0. The van der Waals surface area contributed by atoms with Crippen molar-refractivity contribution in [2.75, 3.05) is 19.6 Å². The van der Waals surface area contributed by atoms with E-state index in [9.17, 15) is 14.7 Å². The maximum atomic E-state index is 13.4. The Labute approximate surface area is 234 Å². The number of nitrogens with zero attached hydrogens (tertiary/aromatic N) is 3. The highest BCUT2D eigenvalue weighted by molar-refractivity contribution is 6.23. The number of nitrogens with one attached hydrogen (secondary N) is 1. The number of benzene rings is 3. The lowest BCUT2D eigenvalue weighted by Gasteiger charge is -2.43. The molecule has 40 heavy (non-hydrogen) atoms. The fourth-order valence-corrected chi connectivity index (χ4v) is 6.20. The van der Waals surface area contributed by atoms with Gasteiger partial charge >= 0.3 is 0 Å². The van der Waals surface area contributed by atoms with Gasteiger partial charge in [-0.25, -0.2) is 0 Å². The average Bonchev–Trinajstić information content (AvgIpc) is 3.28. The van der Waals surface area contributed by atoms with Crippen LogP contribution in [0.2, 0.25) is 0 Å². The van der Waals surface area contributed by atoms with Crippen LogP contribution in [0.15, 0.2) is 83.9 Å². The third kappa shape index (κ3) is 4.82. The first-order valence-electron chi connectivity index (χ1n) is 14.0. The van der Waals surface area contributed by atoms with E-state index in [4.69, 9.17) is 4.99 Å². The molecule has 1 unspecified atom stereocenters. The van der Waals surface area contributed by atoms with Crippen LogP contribution in [-0.2, 0) is 0 Å². The maximum Gasteiger partial charge on any atom is 0.251 e. The third-order valence-corrected chi connectivity index (χ3v) is 8.37. The molecule has 7 rings (SSSR count). The first-order chi connectivity index (χ1) is 19.4. The van der Waals surface area contributed by atoms with Crippen molar-refractivity contribution < 1.29 is 14.7 Å². The Balaban J connectivity index is 1.47. The van der Waals surface area contributed by atoms with E-state index in [1.165, 1.54) is 11.5 Å². The Kier molecular flexibility index (Phi) is 6.98. The molecule has 1 aromatic heterocycles. The smallest absolute Gasteiger partial charge is 0.251 e. The summed E-state index contributed by atoms with van der Waals surface area (Å²) in [5.41, 5.74) is 4.01. The van der Waals surface area contributed by atoms with E-state index in [2.05, 4.69) is 10.2 Å². The van der Waals surface area contributed by atoms with E-state index in [1.54, 1.807) is 18.2 Å². The van der Waals surface area contributed by atoms with Crippen molar-refractivity contribution in [1.29, 1.82) is 0 Å². The van der Waals surface area contributed by atoms with Gasteiger partial charge in [-0.3, -0.25) is 19.1 Å². The normalized spacial score (nSPS) is 21.4. The molecule has 2 bridgehead atoms. The quantitative estimate of drug-likeness (QED) is 0.323. The number of amides is 1. The predicted octanol–water partition coefficient (Wildman–Crippen LogP) is 5.43. The zero-order chi connectivity index (χ0) is 27.8. The molecule has 4 heterocycles. The molecule has 3 aliphatic rings. The first-order valence-corrected chi connectivity index (χ1v) is 14.0. The summed E-state index contributed by atoms with van der Waals surface area (Å²) in [5, 5.41) is 15.2. The van der Waals surface area contributed by atoms with Crippen molar-refractivity contribution in [3.8, 4) is 5.88 Å². The average molecular weight is 535 g/mol. The molecular weight excluding hydrogens is 500 g/mol. The second-order valence-electron chi connectivity index (χ2n) is 10.9. The van der Waals surface area contributed by atoms with Crippen molar-refractivity contribution in [2.24, 2.45) is 10.9 Å². The van der Waals surface area contributed by atoms with Crippen molar-refractivity contribution >= 4 is 28.4 Å². The largest absolute Gasteiger partial charge is 0.494 e. The molecule has 0 aliphatic carbocycles. The number of hydrogen-bond acceptors (Lipinski definition) is 5. The Hall–Kier alpha value is -4.23. The van der Waals surface area contributed by atoms with Crippen molar-refractivity contribution in [3.63, 3.8) is 0 Å². The van der Waals surface area contributed by atoms with Gasteiger partial charge in [-0.2, -0.15) is 0 Å². The lowest BCUT2D eigenvalue weighted by molar-refractivity contribution is 0.0906. The minimum absolute atomic E-state index is 0.103. The van der Waals surface area contributed by atoms with Gasteiger partial charge in [0.25, 0.3) is 5.91 Å². The molecule has 7 heteroatoms.